The molecule has 0 radical (unpaired) electrons. The SMILES string of the molecule is CC1CC(C(C)(C)C)N(C)C1. The molecule has 66 valence electrons. The molecule has 1 fully saturated rings. The minimum atomic E-state index is 0.458. The predicted molar refractivity (Wildman–Crippen MR) is 49.7 cm³/mol. The third kappa shape index (κ3) is 1.96. The van der Waals surface area contributed by atoms with Gasteiger partial charge in [0.15, 0.2) is 0 Å². The lowest BCUT2D eigenvalue weighted by molar-refractivity contribution is 0.169. The van der Waals surface area contributed by atoms with Crippen molar-refractivity contribution in [2.24, 2.45) is 11.3 Å². The van der Waals surface area contributed by atoms with Gasteiger partial charge in [0.25, 0.3) is 0 Å². The Hall–Kier alpha value is -0.0400. The quantitative estimate of drug-likeness (QED) is 0.519. The molecule has 0 aromatic rings. The van der Waals surface area contributed by atoms with Gasteiger partial charge in [-0.3, -0.25) is 0 Å². The van der Waals surface area contributed by atoms with Gasteiger partial charge >= 0.3 is 0 Å². The molecule has 0 amide bonds. The summed E-state index contributed by atoms with van der Waals surface area (Å²) in [6.07, 6.45) is 1.38. The predicted octanol–water partition coefficient (Wildman–Crippen LogP) is 2.37. The maximum Gasteiger partial charge on any atom is 0.0144 e. The summed E-state index contributed by atoms with van der Waals surface area (Å²) in [4.78, 5) is 2.50. The first-order valence-electron chi connectivity index (χ1n) is 4.61. The van der Waals surface area contributed by atoms with E-state index in [9.17, 15) is 0 Å². The third-order valence-electron chi connectivity index (χ3n) is 2.76. The average molecular weight is 155 g/mol. The fourth-order valence-corrected chi connectivity index (χ4v) is 2.27. The van der Waals surface area contributed by atoms with Crippen molar-refractivity contribution >= 4 is 0 Å². The summed E-state index contributed by atoms with van der Waals surface area (Å²) in [7, 11) is 2.25. The summed E-state index contributed by atoms with van der Waals surface area (Å²) in [6, 6.07) is 0.789. The number of hydrogen-bond acceptors (Lipinski definition) is 1. The molecular weight excluding hydrogens is 134 g/mol. The van der Waals surface area contributed by atoms with Crippen LogP contribution in [0.1, 0.15) is 34.1 Å². The van der Waals surface area contributed by atoms with Gasteiger partial charge in [-0.2, -0.15) is 0 Å². The van der Waals surface area contributed by atoms with E-state index in [-0.39, 0.29) is 0 Å². The van der Waals surface area contributed by atoms with Gasteiger partial charge in [0.2, 0.25) is 0 Å². The maximum atomic E-state index is 2.50. The van der Waals surface area contributed by atoms with E-state index in [4.69, 9.17) is 0 Å². The Morgan fingerprint density at radius 1 is 1.27 bits per heavy atom. The molecule has 1 rings (SSSR count). The van der Waals surface area contributed by atoms with Crippen molar-refractivity contribution in [2.75, 3.05) is 13.6 Å². The van der Waals surface area contributed by atoms with Crippen molar-refractivity contribution in [3.63, 3.8) is 0 Å². The second-order valence-corrected chi connectivity index (χ2v) is 5.16. The molecule has 0 aromatic carbocycles. The first-order valence-corrected chi connectivity index (χ1v) is 4.61. The van der Waals surface area contributed by atoms with Crippen molar-refractivity contribution in [3.05, 3.63) is 0 Å². The van der Waals surface area contributed by atoms with Crippen LogP contribution in [0.3, 0.4) is 0 Å². The molecule has 1 nitrogen and oxygen atoms in total. The largest absolute Gasteiger partial charge is 0.303 e. The summed E-state index contributed by atoms with van der Waals surface area (Å²) in [5.41, 5.74) is 0.458. The van der Waals surface area contributed by atoms with E-state index in [2.05, 4.69) is 39.6 Å². The monoisotopic (exact) mass is 155 g/mol. The fraction of sp³-hybridized carbons (Fsp3) is 1.00. The van der Waals surface area contributed by atoms with Gasteiger partial charge in [0, 0.05) is 12.6 Å². The molecule has 0 spiro atoms. The molecule has 0 bridgehead atoms. The Balaban J connectivity index is 2.60. The summed E-state index contributed by atoms with van der Waals surface area (Å²) in [6.45, 7) is 10.6. The van der Waals surface area contributed by atoms with E-state index in [1.165, 1.54) is 13.0 Å². The normalized spacial score (nSPS) is 34.6. The van der Waals surface area contributed by atoms with Crippen molar-refractivity contribution in [1.82, 2.24) is 4.90 Å². The number of rotatable bonds is 0. The second kappa shape index (κ2) is 2.78. The molecule has 0 saturated carbocycles. The molecule has 1 aliphatic rings. The first-order chi connectivity index (χ1) is 4.91. The molecule has 1 aliphatic heterocycles. The van der Waals surface area contributed by atoms with Crippen LogP contribution in [0.2, 0.25) is 0 Å². The minimum absolute atomic E-state index is 0.458. The standard InChI is InChI=1S/C10H21N/c1-8-6-9(10(2,3)4)11(5)7-8/h8-9H,6-7H2,1-5H3. The summed E-state index contributed by atoms with van der Waals surface area (Å²) in [5.74, 6) is 0.893. The Kier molecular flexibility index (Phi) is 2.29. The Morgan fingerprint density at radius 3 is 2.00 bits per heavy atom. The fourth-order valence-electron chi connectivity index (χ4n) is 2.27. The molecule has 1 heterocycles. The van der Waals surface area contributed by atoms with Crippen LogP contribution in [0.15, 0.2) is 0 Å². The van der Waals surface area contributed by atoms with Crippen molar-refractivity contribution in [1.29, 1.82) is 0 Å². The van der Waals surface area contributed by atoms with Gasteiger partial charge in [0.05, 0.1) is 0 Å². The Morgan fingerprint density at radius 2 is 1.82 bits per heavy atom. The van der Waals surface area contributed by atoms with E-state index in [1.54, 1.807) is 0 Å². The summed E-state index contributed by atoms with van der Waals surface area (Å²) >= 11 is 0. The number of hydrogen-bond donors (Lipinski definition) is 0. The van der Waals surface area contributed by atoms with Gasteiger partial charge in [-0.15, -0.1) is 0 Å². The van der Waals surface area contributed by atoms with Crippen LogP contribution in [0.5, 0.6) is 0 Å². The van der Waals surface area contributed by atoms with Gasteiger partial charge in [0.1, 0.15) is 0 Å². The lowest BCUT2D eigenvalue weighted by Crippen LogP contribution is -2.36. The third-order valence-corrected chi connectivity index (χ3v) is 2.76. The summed E-state index contributed by atoms with van der Waals surface area (Å²) < 4.78 is 0. The molecule has 0 N–H and O–H groups in total. The van der Waals surface area contributed by atoms with Crippen LogP contribution in [-0.4, -0.2) is 24.5 Å². The molecular formula is C10H21N. The molecule has 0 aromatic heterocycles. The van der Waals surface area contributed by atoms with E-state index in [1.807, 2.05) is 0 Å². The van der Waals surface area contributed by atoms with Crippen LogP contribution in [0.25, 0.3) is 0 Å². The highest BCUT2D eigenvalue weighted by atomic mass is 15.2. The van der Waals surface area contributed by atoms with E-state index >= 15 is 0 Å². The molecule has 2 unspecified atom stereocenters. The van der Waals surface area contributed by atoms with Crippen LogP contribution >= 0.6 is 0 Å². The number of nitrogens with zero attached hydrogens (tertiary/aromatic N) is 1. The lowest BCUT2D eigenvalue weighted by Gasteiger charge is -2.32. The topological polar surface area (TPSA) is 3.24 Å². The highest BCUT2D eigenvalue weighted by Gasteiger charge is 2.34. The molecule has 2 atom stereocenters. The molecule has 1 saturated heterocycles. The van der Waals surface area contributed by atoms with Crippen molar-refractivity contribution < 1.29 is 0 Å². The Bertz CT molecular complexity index is 134. The average Bonchev–Trinajstić information content (AvgIpc) is 2.08. The van der Waals surface area contributed by atoms with Gasteiger partial charge in [-0.1, -0.05) is 27.7 Å². The lowest BCUT2D eigenvalue weighted by atomic mass is 9.84. The zero-order chi connectivity index (χ0) is 8.65. The smallest absolute Gasteiger partial charge is 0.0144 e. The second-order valence-electron chi connectivity index (χ2n) is 5.16. The van der Waals surface area contributed by atoms with E-state index in [0.29, 0.717) is 5.41 Å². The van der Waals surface area contributed by atoms with Gasteiger partial charge in [-0.05, 0) is 24.8 Å². The minimum Gasteiger partial charge on any atom is -0.303 e. The van der Waals surface area contributed by atoms with Gasteiger partial charge in [-0.25, -0.2) is 0 Å². The maximum absolute atomic E-state index is 2.50. The molecule has 0 aliphatic carbocycles. The first kappa shape index (κ1) is 9.05. The van der Waals surface area contributed by atoms with Crippen LogP contribution < -0.4 is 0 Å². The highest BCUT2D eigenvalue weighted by Crippen LogP contribution is 2.33. The van der Waals surface area contributed by atoms with Crippen molar-refractivity contribution in [3.8, 4) is 0 Å². The van der Waals surface area contributed by atoms with Crippen LogP contribution in [-0.2, 0) is 0 Å². The van der Waals surface area contributed by atoms with Crippen LogP contribution in [0, 0.1) is 11.3 Å². The molecule has 11 heavy (non-hydrogen) atoms. The zero-order valence-corrected chi connectivity index (χ0v) is 8.52. The van der Waals surface area contributed by atoms with E-state index in [0.717, 1.165) is 12.0 Å². The Labute approximate surface area is 70.8 Å². The van der Waals surface area contributed by atoms with Crippen molar-refractivity contribution in [2.45, 2.75) is 40.2 Å². The van der Waals surface area contributed by atoms with E-state index < -0.39 is 0 Å². The summed E-state index contributed by atoms with van der Waals surface area (Å²) in [5, 5.41) is 0. The zero-order valence-electron chi connectivity index (χ0n) is 8.52. The molecule has 1 heteroatoms. The highest BCUT2D eigenvalue weighted by molar-refractivity contribution is 4.88. The number of likely N-dealkylation sites (tertiary alicyclic amines) is 1. The van der Waals surface area contributed by atoms with Crippen LogP contribution in [0.4, 0.5) is 0 Å². The van der Waals surface area contributed by atoms with Gasteiger partial charge < -0.3 is 4.90 Å².